The molecule has 4 aromatic rings. The van der Waals surface area contributed by atoms with Crippen LogP contribution in [-0.4, -0.2) is 21.5 Å². The molecule has 4 rings (SSSR count). The highest BCUT2D eigenvalue weighted by Crippen LogP contribution is 2.40. The van der Waals surface area contributed by atoms with Crippen LogP contribution in [0.15, 0.2) is 69.4 Å². The number of rotatable bonds is 8. The van der Waals surface area contributed by atoms with E-state index in [4.69, 9.17) is 0 Å². The standard InChI is InChI=1S/C26H14F6N4S4/c27-25(28,29)17-11-19(21-5-3-9-37-21)35-23(15(17)13-33)39-7-1-2-8-40-24-16(14-34)18(26(30,31)32)12-20(36-24)22-6-4-10-38-22/h1-6,9-12H,7-8H2. The van der Waals surface area contributed by atoms with Crippen LogP contribution in [0.5, 0.6) is 0 Å². The van der Waals surface area contributed by atoms with Crippen LogP contribution in [0.4, 0.5) is 26.3 Å². The summed E-state index contributed by atoms with van der Waals surface area (Å²) in [7, 11) is 0. The zero-order valence-corrected chi connectivity index (χ0v) is 23.1. The average molecular weight is 625 g/mol. The van der Waals surface area contributed by atoms with Crippen LogP contribution in [0.25, 0.3) is 21.1 Å². The van der Waals surface area contributed by atoms with Crippen LogP contribution >= 0.6 is 46.2 Å². The molecular weight excluding hydrogens is 611 g/mol. The number of nitriles is 2. The fourth-order valence-corrected chi connectivity index (χ4v) is 6.49. The minimum Gasteiger partial charge on any atom is -0.239 e. The summed E-state index contributed by atoms with van der Waals surface area (Å²) in [6.07, 6.45) is -6.29. The zero-order chi connectivity index (χ0) is 28.9. The molecule has 0 saturated carbocycles. The van der Waals surface area contributed by atoms with E-state index in [2.05, 4.69) is 9.97 Å². The Kier molecular flexibility index (Phi) is 9.26. The molecule has 14 heteroatoms. The molecule has 0 aliphatic heterocycles. The van der Waals surface area contributed by atoms with Crippen LogP contribution < -0.4 is 0 Å². The van der Waals surface area contributed by atoms with Gasteiger partial charge < -0.3 is 0 Å². The molecule has 0 radical (unpaired) electrons. The average Bonchev–Trinajstić information content (AvgIpc) is 3.63. The van der Waals surface area contributed by atoms with E-state index >= 15 is 0 Å². The first-order valence-corrected chi connectivity index (χ1v) is 14.8. The molecule has 0 fully saturated rings. The monoisotopic (exact) mass is 624 g/mol. The van der Waals surface area contributed by atoms with Gasteiger partial charge in [0.2, 0.25) is 0 Å². The number of thiophene rings is 2. The molecule has 4 nitrogen and oxygen atoms in total. The van der Waals surface area contributed by atoms with E-state index in [1.165, 1.54) is 22.7 Å². The van der Waals surface area contributed by atoms with Crippen LogP contribution in [0.3, 0.4) is 0 Å². The van der Waals surface area contributed by atoms with Crippen molar-refractivity contribution in [2.24, 2.45) is 0 Å². The number of hydrogen-bond acceptors (Lipinski definition) is 8. The Morgan fingerprint density at radius 3 is 1.43 bits per heavy atom. The fourth-order valence-electron chi connectivity index (χ4n) is 3.41. The number of nitrogens with zero attached hydrogens (tertiary/aromatic N) is 4. The molecule has 0 bridgehead atoms. The number of hydrogen-bond donors (Lipinski definition) is 0. The zero-order valence-electron chi connectivity index (χ0n) is 19.9. The second-order valence-corrected chi connectivity index (χ2v) is 11.7. The van der Waals surface area contributed by atoms with Gasteiger partial charge in [0.1, 0.15) is 22.2 Å². The largest absolute Gasteiger partial charge is 0.417 e. The third kappa shape index (κ3) is 6.88. The summed E-state index contributed by atoms with van der Waals surface area (Å²) in [6, 6.07) is 11.6. The predicted molar refractivity (Wildman–Crippen MR) is 145 cm³/mol. The molecule has 204 valence electrons. The van der Waals surface area contributed by atoms with Crippen LogP contribution in [0, 0.1) is 22.7 Å². The van der Waals surface area contributed by atoms with Gasteiger partial charge in [0, 0.05) is 11.5 Å². The minimum absolute atomic E-state index is 0.0788. The predicted octanol–water partition coefficient (Wildman–Crippen LogP) is 9.16. The Hall–Kier alpha value is -3.30. The van der Waals surface area contributed by atoms with Crippen molar-refractivity contribution in [3.63, 3.8) is 0 Å². The third-order valence-corrected chi connectivity index (χ3v) is 8.79. The highest BCUT2D eigenvalue weighted by molar-refractivity contribution is 7.99. The Balaban J connectivity index is 1.52. The number of aromatic nitrogens is 2. The van der Waals surface area contributed by atoms with E-state index in [1.54, 1.807) is 59.3 Å². The Bertz CT molecular complexity index is 1480. The molecule has 0 unspecified atom stereocenters. The van der Waals surface area contributed by atoms with Crippen molar-refractivity contribution in [3.05, 3.63) is 81.6 Å². The molecule has 40 heavy (non-hydrogen) atoms. The molecule has 0 atom stereocenters. The SMILES string of the molecule is N#Cc1c(C(F)(F)F)cc(-c2cccs2)nc1SCC=CCSc1nc(-c2cccs2)cc(C(F)(F)F)c1C#N. The first-order valence-electron chi connectivity index (χ1n) is 11.1. The topological polar surface area (TPSA) is 73.4 Å². The molecule has 0 aromatic carbocycles. The van der Waals surface area contributed by atoms with Crippen molar-refractivity contribution in [2.45, 2.75) is 22.4 Å². The summed E-state index contributed by atoms with van der Waals surface area (Å²) in [4.78, 5) is 9.59. The maximum atomic E-state index is 13.7. The summed E-state index contributed by atoms with van der Waals surface area (Å²) < 4.78 is 82.0. The molecule has 0 aliphatic carbocycles. The van der Waals surface area contributed by atoms with Crippen molar-refractivity contribution >= 4 is 46.2 Å². The lowest BCUT2D eigenvalue weighted by Gasteiger charge is -2.13. The molecular formula is C26H14F6N4S4. The van der Waals surface area contributed by atoms with Crippen LogP contribution in [0.2, 0.25) is 0 Å². The van der Waals surface area contributed by atoms with Gasteiger partial charge in [0.15, 0.2) is 0 Å². The number of thioether (sulfide) groups is 2. The molecule has 0 saturated heterocycles. The van der Waals surface area contributed by atoms with Crippen molar-refractivity contribution in [1.29, 1.82) is 10.5 Å². The van der Waals surface area contributed by atoms with Gasteiger partial charge in [-0.2, -0.15) is 36.9 Å². The van der Waals surface area contributed by atoms with Crippen molar-refractivity contribution in [3.8, 4) is 33.3 Å². The molecule has 4 heterocycles. The maximum Gasteiger partial charge on any atom is 0.417 e. The van der Waals surface area contributed by atoms with E-state index in [-0.39, 0.29) is 32.9 Å². The Morgan fingerprint density at radius 2 is 1.12 bits per heavy atom. The summed E-state index contributed by atoms with van der Waals surface area (Å²) in [6.45, 7) is 0. The van der Waals surface area contributed by atoms with Crippen LogP contribution in [-0.2, 0) is 12.4 Å². The molecule has 0 amide bonds. The van der Waals surface area contributed by atoms with Crippen LogP contribution in [0.1, 0.15) is 22.3 Å². The van der Waals surface area contributed by atoms with E-state index in [0.717, 1.165) is 35.7 Å². The van der Waals surface area contributed by atoms with Crippen molar-refractivity contribution in [1.82, 2.24) is 9.97 Å². The highest BCUT2D eigenvalue weighted by Gasteiger charge is 2.37. The number of halogens is 6. The first-order chi connectivity index (χ1) is 19.0. The van der Waals surface area contributed by atoms with Crippen molar-refractivity contribution in [2.75, 3.05) is 11.5 Å². The first kappa shape index (κ1) is 29.7. The second-order valence-electron chi connectivity index (χ2n) is 7.74. The van der Waals surface area contributed by atoms with Gasteiger partial charge in [-0.1, -0.05) is 24.3 Å². The van der Waals surface area contributed by atoms with Gasteiger partial charge >= 0.3 is 12.4 Å². The molecule has 0 aliphatic rings. The fraction of sp³-hybridized carbons (Fsp3) is 0.154. The van der Waals surface area contributed by atoms with Gasteiger partial charge in [-0.3, -0.25) is 0 Å². The summed E-state index contributed by atoms with van der Waals surface area (Å²) in [5, 5.41) is 22.1. The third-order valence-electron chi connectivity index (χ3n) is 5.15. The van der Waals surface area contributed by atoms with Gasteiger partial charge in [0.05, 0.1) is 43.4 Å². The van der Waals surface area contributed by atoms with E-state index in [1.807, 2.05) is 0 Å². The smallest absolute Gasteiger partial charge is 0.239 e. The highest BCUT2D eigenvalue weighted by atomic mass is 32.2. The van der Waals surface area contributed by atoms with Gasteiger partial charge in [-0.25, -0.2) is 9.97 Å². The van der Waals surface area contributed by atoms with Gasteiger partial charge in [0.25, 0.3) is 0 Å². The van der Waals surface area contributed by atoms with Crippen molar-refractivity contribution < 1.29 is 26.3 Å². The van der Waals surface area contributed by atoms with Gasteiger partial charge in [-0.05, 0) is 35.0 Å². The second kappa shape index (κ2) is 12.5. The summed E-state index contributed by atoms with van der Waals surface area (Å²) in [5.74, 6) is 0.296. The quantitative estimate of drug-likeness (QED) is 0.111. The Labute approximate surface area is 241 Å². The Morgan fingerprint density at radius 1 is 0.725 bits per heavy atom. The molecule has 4 aromatic heterocycles. The van der Waals surface area contributed by atoms with E-state index in [9.17, 15) is 36.9 Å². The minimum atomic E-state index is -4.75. The number of pyridine rings is 2. The normalized spacial score (nSPS) is 12.0. The molecule has 0 N–H and O–H groups in total. The summed E-state index contributed by atoms with van der Waals surface area (Å²) in [5.41, 5.74) is -3.09. The van der Waals surface area contributed by atoms with E-state index < -0.39 is 34.6 Å². The van der Waals surface area contributed by atoms with Gasteiger partial charge in [-0.15, -0.1) is 46.2 Å². The number of alkyl halides is 6. The summed E-state index contributed by atoms with van der Waals surface area (Å²) >= 11 is 4.30. The lowest BCUT2D eigenvalue weighted by Crippen LogP contribution is -2.10. The lowest BCUT2D eigenvalue weighted by molar-refractivity contribution is -0.138. The lowest BCUT2D eigenvalue weighted by atomic mass is 10.1. The van der Waals surface area contributed by atoms with E-state index in [0.29, 0.717) is 9.75 Å². The molecule has 0 spiro atoms. The maximum absolute atomic E-state index is 13.7.